The van der Waals surface area contributed by atoms with E-state index in [1.807, 2.05) is 37.3 Å². The second-order valence-corrected chi connectivity index (χ2v) is 2.36. The molecule has 0 aliphatic heterocycles. The van der Waals surface area contributed by atoms with Crippen molar-refractivity contribution in [2.24, 2.45) is 0 Å². The lowest BCUT2D eigenvalue weighted by Crippen LogP contribution is -1.75. The average Bonchev–Trinajstić information content (AvgIpc) is 2.07. The van der Waals surface area contributed by atoms with Gasteiger partial charge in [-0.25, -0.2) is 0 Å². The summed E-state index contributed by atoms with van der Waals surface area (Å²) >= 11 is 0. The van der Waals surface area contributed by atoms with Crippen LogP contribution in [0, 0.1) is 12.3 Å². The van der Waals surface area contributed by atoms with E-state index < -0.39 is 0 Å². The van der Waals surface area contributed by atoms with Crippen LogP contribution in [0.25, 0.3) is 5.57 Å². The fourth-order valence-corrected chi connectivity index (χ4v) is 0.909. The third kappa shape index (κ3) is 1.98. The number of hydrogen-bond donors (Lipinski definition) is 0. The van der Waals surface area contributed by atoms with E-state index in [9.17, 15) is 0 Å². The molecule has 11 heavy (non-hydrogen) atoms. The number of hydrogen-bond acceptors (Lipinski definition) is 0. The van der Waals surface area contributed by atoms with Crippen molar-refractivity contribution in [2.75, 3.05) is 0 Å². The molecule has 0 atom stereocenters. The minimum Gasteiger partial charge on any atom is -0.115 e. The summed E-state index contributed by atoms with van der Waals surface area (Å²) in [6.07, 6.45) is 6.91. The van der Waals surface area contributed by atoms with Crippen molar-refractivity contribution >= 4 is 5.57 Å². The maximum Gasteiger partial charge on any atom is -0.00863 e. The first-order chi connectivity index (χ1) is 5.34. The Morgan fingerprint density at radius 1 is 1.36 bits per heavy atom. The van der Waals surface area contributed by atoms with Crippen molar-refractivity contribution < 1.29 is 0 Å². The number of terminal acetylenes is 1. The van der Waals surface area contributed by atoms with Crippen LogP contribution in [-0.4, -0.2) is 0 Å². The molecular weight excluding hydrogens is 132 g/mol. The van der Waals surface area contributed by atoms with E-state index in [-0.39, 0.29) is 0 Å². The van der Waals surface area contributed by atoms with Crippen LogP contribution < -0.4 is 0 Å². The Hall–Kier alpha value is -1.48. The Kier molecular flexibility index (Phi) is 2.52. The third-order valence-electron chi connectivity index (χ3n) is 1.53. The van der Waals surface area contributed by atoms with Gasteiger partial charge < -0.3 is 0 Å². The number of allylic oxidation sites excluding steroid dienone is 2. The highest BCUT2D eigenvalue weighted by molar-refractivity contribution is 5.65. The van der Waals surface area contributed by atoms with Gasteiger partial charge in [0.05, 0.1) is 0 Å². The Bertz CT molecular complexity index is 286. The van der Waals surface area contributed by atoms with Crippen LogP contribution in [0.2, 0.25) is 0 Å². The Morgan fingerprint density at radius 2 is 2.00 bits per heavy atom. The van der Waals surface area contributed by atoms with Crippen molar-refractivity contribution in [2.45, 2.75) is 6.92 Å². The standard InChI is InChI=1S/C11H10/c1-3-7-10(2)11-8-5-4-6-9-11/h1,4-9H,2H3. The predicted molar refractivity (Wildman–Crippen MR) is 48.9 cm³/mol. The van der Waals surface area contributed by atoms with Crippen LogP contribution in [0.15, 0.2) is 36.4 Å². The van der Waals surface area contributed by atoms with Gasteiger partial charge in [0.2, 0.25) is 0 Å². The van der Waals surface area contributed by atoms with Gasteiger partial charge in [0.25, 0.3) is 0 Å². The highest BCUT2D eigenvalue weighted by atomic mass is 13.9. The molecule has 0 bridgehead atoms. The fraction of sp³-hybridized carbons (Fsp3) is 0.0909. The second-order valence-electron chi connectivity index (χ2n) is 2.36. The SMILES string of the molecule is C#CC=C(C)c1ccccc1. The van der Waals surface area contributed by atoms with Crippen molar-refractivity contribution in [1.82, 2.24) is 0 Å². The van der Waals surface area contributed by atoms with E-state index in [2.05, 4.69) is 5.92 Å². The first kappa shape index (κ1) is 7.63. The predicted octanol–water partition coefficient (Wildman–Crippen LogP) is 2.72. The van der Waals surface area contributed by atoms with Crippen LogP contribution in [0.5, 0.6) is 0 Å². The first-order valence-electron chi connectivity index (χ1n) is 3.53. The molecule has 0 saturated heterocycles. The van der Waals surface area contributed by atoms with Gasteiger partial charge >= 0.3 is 0 Å². The number of rotatable bonds is 1. The quantitative estimate of drug-likeness (QED) is 0.529. The first-order valence-corrected chi connectivity index (χ1v) is 3.53. The van der Waals surface area contributed by atoms with E-state index >= 15 is 0 Å². The smallest absolute Gasteiger partial charge is 0.00863 e. The third-order valence-corrected chi connectivity index (χ3v) is 1.53. The Labute approximate surface area is 67.6 Å². The van der Waals surface area contributed by atoms with Crippen molar-refractivity contribution in [1.29, 1.82) is 0 Å². The minimum atomic E-state index is 1.13. The summed E-state index contributed by atoms with van der Waals surface area (Å²) in [5.74, 6) is 2.50. The van der Waals surface area contributed by atoms with Gasteiger partial charge in [0, 0.05) is 0 Å². The van der Waals surface area contributed by atoms with Crippen LogP contribution in [-0.2, 0) is 0 Å². The molecule has 0 heterocycles. The van der Waals surface area contributed by atoms with Gasteiger partial charge in [-0.05, 0) is 24.1 Å². The molecule has 0 amide bonds. The molecule has 0 saturated carbocycles. The summed E-state index contributed by atoms with van der Waals surface area (Å²) in [4.78, 5) is 0. The second kappa shape index (κ2) is 3.63. The normalized spacial score (nSPS) is 10.7. The largest absolute Gasteiger partial charge is 0.115 e. The lowest BCUT2D eigenvalue weighted by atomic mass is 10.1. The molecule has 0 aliphatic rings. The van der Waals surface area contributed by atoms with Gasteiger partial charge in [-0.15, -0.1) is 6.42 Å². The van der Waals surface area contributed by atoms with Crippen molar-refractivity contribution in [3.63, 3.8) is 0 Å². The molecule has 0 fully saturated rings. The van der Waals surface area contributed by atoms with Gasteiger partial charge in [0.1, 0.15) is 0 Å². The zero-order chi connectivity index (χ0) is 8.10. The Balaban J connectivity index is 2.96. The highest BCUT2D eigenvalue weighted by Crippen LogP contribution is 2.11. The molecule has 1 aromatic rings. The summed E-state index contributed by atoms with van der Waals surface area (Å²) in [5.41, 5.74) is 2.32. The molecule has 0 nitrogen and oxygen atoms in total. The highest BCUT2D eigenvalue weighted by Gasteiger charge is 1.89. The lowest BCUT2D eigenvalue weighted by Gasteiger charge is -1.96. The van der Waals surface area contributed by atoms with Crippen LogP contribution in [0.3, 0.4) is 0 Å². The molecule has 0 heteroatoms. The molecular formula is C11H10. The van der Waals surface area contributed by atoms with Crippen LogP contribution in [0.1, 0.15) is 12.5 Å². The summed E-state index contributed by atoms with van der Waals surface area (Å²) in [7, 11) is 0. The van der Waals surface area contributed by atoms with Crippen LogP contribution in [0.4, 0.5) is 0 Å². The molecule has 1 rings (SSSR count). The van der Waals surface area contributed by atoms with E-state index in [0.717, 1.165) is 5.57 Å². The molecule has 54 valence electrons. The fourth-order valence-electron chi connectivity index (χ4n) is 0.909. The minimum absolute atomic E-state index is 1.13. The molecule has 0 radical (unpaired) electrons. The summed E-state index contributed by atoms with van der Waals surface area (Å²) in [6.45, 7) is 2.01. The zero-order valence-corrected chi connectivity index (χ0v) is 6.54. The molecule has 0 aromatic heterocycles. The lowest BCUT2D eigenvalue weighted by molar-refractivity contribution is 1.57. The van der Waals surface area contributed by atoms with Gasteiger partial charge in [-0.2, -0.15) is 0 Å². The zero-order valence-electron chi connectivity index (χ0n) is 6.54. The van der Waals surface area contributed by atoms with E-state index in [1.165, 1.54) is 5.56 Å². The van der Waals surface area contributed by atoms with Gasteiger partial charge in [-0.1, -0.05) is 36.3 Å². The molecule has 0 unspecified atom stereocenters. The maximum atomic E-state index is 5.14. The van der Waals surface area contributed by atoms with E-state index in [0.29, 0.717) is 0 Å². The molecule has 0 aliphatic carbocycles. The van der Waals surface area contributed by atoms with Crippen LogP contribution >= 0.6 is 0 Å². The summed E-state index contributed by atoms with van der Waals surface area (Å²) in [5, 5.41) is 0. The van der Waals surface area contributed by atoms with E-state index in [1.54, 1.807) is 6.08 Å². The van der Waals surface area contributed by atoms with Gasteiger partial charge in [0.15, 0.2) is 0 Å². The monoisotopic (exact) mass is 142 g/mol. The summed E-state index contributed by atoms with van der Waals surface area (Å²) < 4.78 is 0. The van der Waals surface area contributed by atoms with Crippen molar-refractivity contribution in [3.05, 3.63) is 42.0 Å². The molecule has 1 aromatic carbocycles. The number of benzene rings is 1. The van der Waals surface area contributed by atoms with E-state index in [4.69, 9.17) is 6.42 Å². The summed E-state index contributed by atoms with van der Waals surface area (Å²) in [6, 6.07) is 10.1. The average molecular weight is 142 g/mol. The topological polar surface area (TPSA) is 0 Å². The molecule has 0 N–H and O–H groups in total. The van der Waals surface area contributed by atoms with Crippen molar-refractivity contribution in [3.8, 4) is 12.3 Å². The van der Waals surface area contributed by atoms with Gasteiger partial charge in [-0.3, -0.25) is 0 Å². The maximum absolute atomic E-state index is 5.14. The molecule has 0 spiro atoms. The Morgan fingerprint density at radius 3 is 2.55 bits per heavy atom.